The number of anilines is 5. The first-order valence-corrected chi connectivity index (χ1v) is 9.66. The van der Waals surface area contributed by atoms with Crippen LogP contribution in [0.2, 0.25) is 0 Å². The fraction of sp³-hybridized carbons (Fsp3) is 0.100. The molecule has 0 fully saturated rings. The largest absolute Gasteiger partial charge is 0.497 e. The van der Waals surface area contributed by atoms with Crippen LogP contribution in [-0.4, -0.2) is 35.1 Å². The van der Waals surface area contributed by atoms with Crippen LogP contribution in [0.3, 0.4) is 0 Å². The Kier molecular flexibility index (Phi) is 5.31. The SMILES string of the molecule is COC(=O)c1ccc(Nc2ncnc(Nc3nc4ccc(OC)cc4s3)c2N)cc1. The van der Waals surface area contributed by atoms with Gasteiger partial charge < -0.3 is 25.8 Å². The molecule has 0 spiro atoms. The summed E-state index contributed by atoms with van der Waals surface area (Å²) in [7, 11) is 2.97. The molecule has 30 heavy (non-hydrogen) atoms. The summed E-state index contributed by atoms with van der Waals surface area (Å²) in [5.74, 6) is 1.23. The van der Waals surface area contributed by atoms with Crippen molar-refractivity contribution in [2.24, 2.45) is 0 Å². The average molecular weight is 422 g/mol. The van der Waals surface area contributed by atoms with Crippen LogP contribution in [0.4, 0.5) is 28.1 Å². The highest BCUT2D eigenvalue weighted by Crippen LogP contribution is 2.33. The van der Waals surface area contributed by atoms with Gasteiger partial charge in [0.25, 0.3) is 0 Å². The van der Waals surface area contributed by atoms with E-state index in [1.54, 1.807) is 31.4 Å². The first kappa shape index (κ1) is 19.4. The smallest absolute Gasteiger partial charge is 0.337 e. The lowest BCUT2D eigenvalue weighted by molar-refractivity contribution is 0.0601. The molecule has 4 rings (SSSR count). The molecular formula is C20H18N6O3S. The molecule has 2 aromatic carbocycles. The lowest BCUT2D eigenvalue weighted by Crippen LogP contribution is -2.05. The Balaban J connectivity index is 1.55. The Morgan fingerprint density at radius 3 is 2.47 bits per heavy atom. The zero-order chi connectivity index (χ0) is 21.1. The zero-order valence-corrected chi connectivity index (χ0v) is 17.0. The predicted molar refractivity (Wildman–Crippen MR) is 117 cm³/mol. The van der Waals surface area contributed by atoms with E-state index in [1.165, 1.54) is 24.8 Å². The minimum absolute atomic E-state index is 0.339. The van der Waals surface area contributed by atoms with Crippen LogP contribution < -0.4 is 21.1 Å². The van der Waals surface area contributed by atoms with Crippen LogP contribution in [0.5, 0.6) is 5.75 Å². The number of thiazole rings is 1. The average Bonchev–Trinajstić information content (AvgIpc) is 3.18. The Labute approximate surface area is 175 Å². The quantitative estimate of drug-likeness (QED) is 0.396. The highest BCUT2D eigenvalue weighted by atomic mass is 32.1. The van der Waals surface area contributed by atoms with Gasteiger partial charge in [-0.15, -0.1) is 0 Å². The summed E-state index contributed by atoms with van der Waals surface area (Å²) in [5.41, 5.74) is 8.60. The van der Waals surface area contributed by atoms with E-state index in [4.69, 9.17) is 15.2 Å². The molecule has 0 amide bonds. The van der Waals surface area contributed by atoms with Crippen molar-refractivity contribution in [3.05, 3.63) is 54.4 Å². The number of hydrogen-bond donors (Lipinski definition) is 3. The minimum atomic E-state index is -0.400. The van der Waals surface area contributed by atoms with Crippen molar-refractivity contribution in [1.82, 2.24) is 15.0 Å². The van der Waals surface area contributed by atoms with Crippen molar-refractivity contribution < 1.29 is 14.3 Å². The standard InChI is InChI=1S/C20H18N6O3S/c1-28-13-7-8-14-15(9-13)30-20(25-14)26-18-16(21)17(22-10-23-18)24-12-5-3-11(4-6-12)19(27)29-2/h3-10H,21H2,1-2H3,(H2,22,23,24,25,26). The van der Waals surface area contributed by atoms with Gasteiger partial charge in [0.15, 0.2) is 16.8 Å². The lowest BCUT2D eigenvalue weighted by Gasteiger charge is -2.11. The second-order valence-corrected chi connectivity index (χ2v) is 7.19. The van der Waals surface area contributed by atoms with Crippen molar-refractivity contribution in [3.63, 3.8) is 0 Å². The fourth-order valence-corrected chi connectivity index (χ4v) is 3.62. The normalized spacial score (nSPS) is 10.6. The number of aromatic nitrogens is 3. The number of esters is 1. The maximum atomic E-state index is 11.6. The van der Waals surface area contributed by atoms with E-state index >= 15 is 0 Å². The molecule has 0 bridgehead atoms. The van der Waals surface area contributed by atoms with E-state index in [1.807, 2.05) is 18.2 Å². The van der Waals surface area contributed by atoms with E-state index in [0.29, 0.717) is 33.7 Å². The van der Waals surface area contributed by atoms with Gasteiger partial charge in [0, 0.05) is 5.69 Å². The maximum Gasteiger partial charge on any atom is 0.337 e. The number of carbonyl (C=O) groups is 1. The second kappa shape index (κ2) is 8.21. The van der Waals surface area contributed by atoms with Crippen LogP contribution in [-0.2, 0) is 4.74 Å². The third-order valence-electron chi connectivity index (χ3n) is 4.27. The summed E-state index contributed by atoms with van der Waals surface area (Å²) < 4.78 is 10.9. The number of nitrogens with one attached hydrogen (secondary N) is 2. The molecule has 0 radical (unpaired) electrons. The predicted octanol–water partition coefficient (Wildman–Crippen LogP) is 3.95. The summed E-state index contributed by atoms with van der Waals surface area (Å²) in [5, 5.41) is 6.92. The molecule has 9 nitrogen and oxygen atoms in total. The number of nitrogens with two attached hydrogens (primary N) is 1. The summed E-state index contributed by atoms with van der Waals surface area (Å²) in [6.07, 6.45) is 1.40. The Morgan fingerprint density at radius 1 is 1.03 bits per heavy atom. The number of methoxy groups -OCH3 is 2. The van der Waals surface area contributed by atoms with Gasteiger partial charge in [-0.25, -0.2) is 19.7 Å². The van der Waals surface area contributed by atoms with E-state index in [2.05, 4.69) is 25.6 Å². The molecule has 152 valence electrons. The third kappa shape index (κ3) is 3.94. The van der Waals surface area contributed by atoms with Crippen molar-refractivity contribution in [2.45, 2.75) is 0 Å². The van der Waals surface area contributed by atoms with E-state index in [0.717, 1.165) is 16.0 Å². The molecule has 0 saturated heterocycles. The van der Waals surface area contributed by atoms with Gasteiger partial charge in [-0.3, -0.25) is 0 Å². The van der Waals surface area contributed by atoms with Crippen molar-refractivity contribution in [3.8, 4) is 5.75 Å². The molecule has 0 unspecified atom stereocenters. The van der Waals surface area contributed by atoms with E-state index in [9.17, 15) is 4.79 Å². The highest BCUT2D eigenvalue weighted by molar-refractivity contribution is 7.22. The summed E-state index contributed by atoms with van der Waals surface area (Å²) in [6, 6.07) is 12.5. The first-order chi connectivity index (χ1) is 14.6. The summed E-state index contributed by atoms with van der Waals surface area (Å²) >= 11 is 1.46. The van der Waals surface area contributed by atoms with Crippen LogP contribution in [0.25, 0.3) is 10.2 Å². The zero-order valence-electron chi connectivity index (χ0n) is 16.2. The number of carbonyl (C=O) groups excluding carboxylic acids is 1. The number of nitrogen functional groups attached to an aromatic ring is 1. The molecule has 10 heteroatoms. The van der Waals surface area contributed by atoms with Crippen LogP contribution in [0.15, 0.2) is 48.8 Å². The number of ether oxygens (including phenoxy) is 2. The Hall–Kier alpha value is -3.92. The van der Waals surface area contributed by atoms with Gasteiger partial charge in [-0.05, 0) is 42.5 Å². The monoisotopic (exact) mass is 422 g/mol. The molecule has 0 aliphatic carbocycles. The topological polar surface area (TPSA) is 124 Å². The number of hydrogen-bond acceptors (Lipinski definition) is 10. The van der Waals surface area contributed by atoms with Crippen LogP contribution in [0, 0.1) is 0 Å². The number of rotatable bonds is 6. The number of fused-ring (bicyclic) bond motifs is 1. The lowest BCUT2D eigenvalue weighted by atomic mass is 10.2. The van der Waals surface area contributed by atoms with Crippen molar-refractivity contribution in [1.29, 1.82) is 0 Å². The van der Waals surface area contributed by atoms with Crippen LogP contribution in [0.1, 0.15) is 10.4 Å². The Bertz CT molecular complexity index is 1210. The van der Waals surface area contributed by atoms with Gasteiger partial charge in [-0.1, -0.05) is 11.3 Å². The summed E-state index contributed by atoms with van der Waals surface area (Å²) in [4.78, 5) is 24.5. The van der Waals surface area contributed by atoms with Gasteiger partial charge in [0.05, 0.1) is 30.0 Å². The molecule has 2 aromatic heterocycles. The van der Waals surface area contributed by atoms with E-state index < -0.39 is 5.97 Å². The fourth-order valence-electron chi connectivity index (χ4n) is 2.73. The number of nitrogens with zero attached hydrogens (tertiary/aromatic N) is 3. The third-order valence-corrected chi connectivity index (χ3v) is 5.21. The van der Waals surface area contributed by atoms with Crippen LogP contribution >= 0.6 is 11.3 Å². The number of benzene rings is 2. The van der Waals surface area contributed by atoms with Crippen molar-refractivity contribution in [2.75, 3.05) is 30.6 Å². The first-order valence-electron chi connectivity index (χ1n) is 8.85. The molecule has 0 aliphatic heterocycles. The highest BCUT2D eigenvalue weighted by Gasteiger charge is 2.12. The van der Waals surface area contributed by atoms with Gasteiger partial charge in [-0.2, -0.15) is 0 Å². The molecule has 0 saturated carbocycles. The van der Waals surface area contributed by atoms with Gasteiger partial charge in [0.1, 0.15) is 17.8 Å². The summed E-state index contributed by atoms with van der Waals surface area (Å²) in [6.45, 7) is 0. The Morgan fingerprint density at radius 2 is 1.77 bits per heavy atom. The van der Waals surface area contributed by atoms with E-state index in [-0.39, 0.29) is 0 Å². The molecule has 0 atom stereocenters. The molecular weight excluding hydrogens is 404 g/mol. The molecule has 2 heterocycles. The molecule has 4 N–H and O–H groups in total. The minimum Gasteiger partial charge on any atom is -0.497 e. The van der Waals surface area contributed by atoms with Crippen molar-refractivity contribution >= 4 is 55.7 Å². The van der Waals surface area contributed by atoms with Gasteiger partial charge >= 0.3 is 5.97 Å². The maximum absolute atomic E-state index is 11.6. The van der Waals surface area contributed by atoms with Gasteiger partial charge in [0.2, 0.25) is 0 Å². The second-order valence-electron chi connectivity index (χ2n) is 6.16. The molecule has 0 aliphatic rings. The molecule has 4 aromatic rings.